The van der Waals surface area contributed by atoms with E-state index in [2.05, 4.69) is 62.4 Å². The molecule has 0 unspecified atom stereocenters. The van der Waals surface area contributed by atoms with E-state index in [-0.39, 0.29) is 24.0 Å². The van der Waals surface area contributed by atoms with Crippen LogP contribution in [0.3, 0.4) is 0 Å². The summed E-state index contributed by atoms with van der Waals surface area (Å²) in [5.74, 6) is 0. The molecule has 0 spiro atoms. The van der Waals surface area contributed by atoms with Crippen molar-refractivity contribution in [1.29, 1.82) is 0 Å². The van der Waals surface area contributed by atoms with E-state index in [0.717, 1.165) is 120 Å². The maximum absolute atomic E-state index is 6.60. The zero-order valence-corrected chi connectivity index (χ0v) is 35.4. The summed E-state index contributed by atoms with van der Waals surface area (Å²) in [5.41, 5.74) is 5.00. The van der Waals surface area contributed by atoms with Crippen molar-refractivity contribution in [3.05, 3.63) is 76.0 Å². The first-order chi connectivity index (χ1) is 25.8. The number of hydrogen-bond acceptors (Lipinski definition) is 10. The maximum Gasteiger partial charge on any atom is 0.103 e. The lowest BCUT2D eigenvalue weighted by Gasteiger charge is -2.43. The Morgan fingerprint density at radius 1 is 0.648 bits per heavy atom. The zero-order valence-electron chi connectivity index (χ0n) is 30.2. The zero-order chi connectivity index (χ0) is 36.5. The third kappa shape index (κ3) is 8.61. The molecule has 0 bridgehead atoms. The minimum Gasteiger partial charge on any atom is -1.00 e. The highest BCUT2D eigenvalue weighted by Gasteiger charge is 2.30. The van der Waals surface area contributed by atoms with Crippen molar-refractivity contribution >= 4 is 66.6 Å². The molecule has 1 N–H and O–H groups in total. The number of halogens is 4. The molecule has 0 radical (unpaired) electrons. The number of aryl methyl sites for hydroxylation is 2. The Morgan fingerprint density at radius 3 is 1.63 bits per heavy atom. The van der Waals surface area contributed by atoms with Gasteiger partial charge in [-0.2, -0.15) is 20.4 Å². The summed E-state index contributed by atoms with van der Waals surface area (Å²) in [6.07, 6.45) is 11.1. The molecule has 14 nitrogen and oxygen atoms in total. The summed E-state index contributed by atoms with van der Waals surface area (Å²) >= 11 is 16.1. The van der Waals surface area contributed by atoms with E-state index < -0.39 is 0 Å². The Balaban J connectivity index is 0.000000138. The van der Waals surface area contributed by atoms with Crippen LogP contribution in [0.25, 0.3) is 33.2 Å². The number of ether oxygens (including phenoxy) is 2. The van der Waals surface area contributed by atoms with E-state index in [1.807, 2.05) is 66.4 Å². The third-order valence-electron chi connectivity index (χ3n) is 10.2. The topological polar surface area (TPSA) is 111 Å². The minimum atomic E-state index is 0. The Labute approximate surface area is 349 Å². The molecule has 0 atom stereocenters. The van der Waals surface area contributed by atoms with E-state index >= 15 is 0 Å². The van der Waals surface area contributed by atoms with E-state index in [0.29, 0.717) is 11.1 Å². The Bertz CT molecular complexity index is 2170. The van der Waals surface area contributed by atoms with Crippen LogP contribution in [0.2, 0.25) is 10.0 Å². The lowest BCUT2D eigenvalue weighted by Crippen LogP contribution is -3.00. The third-order valence-corrected chi connectivity index (χ3v) is 11.7. The van der Waals surface area contributed by atoms with Crippen molar-refractivity contribution in [2.75, 3.05) is 83.7 Å². The van der Waals surface area contributed by atoms with Crippen molar-refractivity contribution in [3.8, 4) is 11.4 Å². The first-order valence-electron chi connectivity index (χ1n) is 17.9. The summed E-state index contributed by atoms with van der Waals surface area (Å²) < 4.78 is 18.6. The van der Waals surface area contributed by atoms with Gasteiger partial charge >= 0.3 is 0 Å². The molecular formula is C36H43BrCl2IN12O2-. The lowest BCUT2D eigenvalue weighted by atomic mass is 10.1. The van der Waals surface area contributed by atoms with E-state index in [1.165, 1.54) is 13.1 Å². The molecule has 0 amide bonds. The maximum atomic E-state index is 6.60. The number of nitrogens with zero attached hydrogens (tertiary/aromatic N) is 11. The predicted molar refractivity (Wildman–Crippen MR) is 211 cm³/mol. The number of anilines is 1. The van der Waals surface area contributed by atoms with Gasteiger partial charge in [-0.15, -0.1) is 0 Å². The molecule has 0 aliphatic carbocycles. The van der Waals surface area contributed by atoms with Gasteiger partial charge in [0.05, 0.1) is 102 Å². The average molecular weight is 954 g/mol. The van der Waals surface area contributed by atoms with Crippen LogP contribution in [-0.2, 0) is 23.6 Å². The average Bonchev–Trinajstić information content (AvgIpc) is 3.92. The van der Waals surface area contributed by atoms with Crippen LogP contribution in [-0.4, -0.2) is 140 Å². The van der Waals surface area contributed by atoms with Crippen LogP contribution in [0.5, 0.6) is 0 Å². The molecule has 288 valence electrons. The van der Waals surface area contributed by atoms with Gasteiger partial charge in [0.1, 0.15) is 11.4 Å². The number of rotatable bonds is 5. The van der Waals surface area contributed by atoms with Crippen molar-refractivity contribution in [3.63, 3.8) is 0 Å². The Morgan fingerprint density at radius 2 is 1.15 bits per heavy atom. The second kappa shape index (κ2) is 17.5. The fourth-order valence-corrected chi connectivity index (χ4v) is 7.78. The normalized spacial score (nSPS) is 18.4. The molecule has 4 aliphatic heterocycles. The molecule has 4 aliphatic rings. The van der Waals surface area contributed by atoms with Crippen LogP contribution in [0.4, 0.5) is 5.69 Å². The minimum absolute atomic E-state index is 0. The van der Waals surface area contributed by atoms with Gasteiger partial charge in [0.25, 0.3) is 0 Å². The molecular weight excluding hydrogens is 910 g/mol. The van der Waals surface area contributed by atoms with E-state index in [1.54, 1.807) is 21.8 Å². The van der Waals surface area contributed by atoms with Gasteiger partial charge < -0.3 is 43.7 Å². The van der Waals surface area contributed by atoms with Crippen LogP contribution in [0.15, 0.2) is 65.9 Å². The molecule has 54 heavy (non-hydrogen) atoms. The predicted octanol–water partition coefficient (Wildman–Crippen LogP) is 1.40. The molecule has 4 fully saturated rings. The fourth-order valence-electron chi connectivity index (χ4n) is 6.99. The second-order valence-electron chi connectivity index (χ2n) is 13.7. The van der Waals surface area contributed by atoms with Gasteiger partial charge in [0.15, 0.2) is 0 Å². The monoisotopic (exact) mass is 951 g/mol. The first kappa shape index (κ1) is 39.4. The summed E-state index contributed by atoms with van der Waals surface area (Å²) in [6, 6.07) is 9.35. The first-order valence-corrected chi connectivity index (χ1v) is 19.4. The SMILES string of the molecule is C1CN(C2COC2)CCN1.Cn1cc(-n2ncc3cc(Cl)c(Br)cc32)cn1.Cn1cc(-n2ncc3cc(Cl)c(N4CCN(C5COC5)CC4)cc32)cn1.[I-]. The molecule has 0 saturated carbocycles. The second-order valence-corrected chi connectivity index (χ2v) is 15.4. The number of aromatic nitrogens is 8. The summed E-state index contributed by atoms with van der Waals surface area (Å²) in [7, 11) is 3.78. The van der Waals surface area contributed by atoms with Gasteiger partial charge in [-0.05, 0) is 40.2 Å². The molecule has 6 aromatic rings. The highest BCUT2D eigenvalue weighted by molar-refractivity contribution is 9.10. The quantitative estimate of drug-likeness (QED) is 0.255. The Hall–Kier alpha value is -2.81. The summed E-state index contributed by atoms with van der Waals surface area (Å²) in [5, 5.41) is 24.1. The standard InChI is InChI=1S/C18H21ClN6O.C11H8BrClN4.C7H14N2O.HI/c1-22-10-14(9-20-22)25-17-7-18(16(19)6-13(17)8-21-25)24-4-2-23(3-5-24)15-11-26-12-15;1-16-6-8(5-14-16)17-11-3-9(12)10(13)2-7(11)4-15-17;1-3-9(4-2-8-1)7-5-10-6-7;/h6-10,15H,2-5,11-12H2,1H3;2-6H,1H3;7-8H,1-6H2;1H/p-1. The van der Waals surface area contributed by atoms with Gasteiger partial charge in [-0.1, -0.05) is 23.2 Å². The lowest BCUT2D eigenvalue weighted by molar-refractivity contribution is -0.0677. The van der Waals surface area contributed by atoms with Crippen molar-refractivity contribution in [1.82, 2.24) is 54.2 Å². The largest absolute Gasteiger partial charge is 1.00 e. The van der Waals surface area contributed by atoms with E-state index in [9.17, 15) is 0 Å². The molecule has 4 aromatic heterocycles. The Kier molecular flexibility index (Phi) is 12.8. The van der Waals surface area contributed by atoms with Gasteiger partial charge in [0.2, 0.25) is 0 Å². The molecule has 10 rings (SSSR count). The molecule has 2 aromatic carbocycles. The summed E-state index contributed by atoms with van der Waals surface area (Å²) in [6.45, 7) is 12.4. The number of benzene rings is 2. The van der Waals surface area contributed by atoms with Gasteiger partial charge in [0, 0.05) is 81.7 Å². The molecule has 4 saturated heterocycles. The number of fused-ring (bicyclic) bond motifs is 2. The highest BCUT2D eigenvalue weighted by atomic mass is 127. The van der Waals surface area contributed by atoms with Crippen molar-refractivity contribution in [2.24, 2.45) is 14.1 Å². The smallest absolute Gasteiger partial charge is 0.103 e. The van der Waals surface area contributed by atoms with E-state index in [4.69, 9.17) is 32.7 Å². The highest BCUT2D eigenvalue weighted by Crippen LogP contribution is 2.33. The van der Waals surface area contributed by atoms with Gasteiger partial charge in [-0.3, -0.25) is 19.2 Å². The van der Waals surface area contributed by atoms with Crippen molar-refractivity contribution < 1.29 is 33.5 Å². The molecule has 8 heterocycles. The van der Waals surface area contributed by atoms with Crippen LogP contribution >= 0.6 is 39.1 Å². The summed E-state index contributed by atoms with van der Waals surface area (Å²) in [4.78, 5) is 7.41. The number of nitrogens with one attached hydrogen (secondary N) is 1. The van der Waals surface area contributed by atoms with Crippen LogP contribution in [0.1, 0.15) is 0 Å². The number of piperazine rings is 2. The van der Waals surface area contributed by atoms with Crippen molar-refractivity contribution in [2.45, 2.75) is 12.1 Å². The molecule has 18 heteroatoms. The van der Waals surface area contributed by atoms with Crippen LogP contribution in [0, 0.1) is 0 Å². The fraction of sp³-hybridized carbons (Fsp3) is 0.444. The van der Waals surface area contributed by atoms with Gasteiger partial charge in [-0.25, -0.2) is 9.36 Å². The number of hydrogen-bond donors (Lipinski definition) is 1. The van der Waals surface area contributed by atoms with Crippen LogP contribution < -0.4 is 34.2 Å².